The minimum Gasteiger partial charge on any atom is -0.459 e. The average Bonchev–Trinajstić information content (AvgIpc) is 2.25. The summed E-state index contributed by atoms with van der Waals surface area (Å²) in [6.45, 7) is -2.79. The van der Waals surface area contributed by atoms with E-state index in [2.05, 4.69) is 4.74 Å². The van der Waals surface area contributed by atoms with Crippen LogP contribution in [0.1, 0.15) is 16.5 Å². The maximum Gasteiger partial charge on any atom is 0.334 e. The number of esters is 1. The number of ether oxygens (including phenoxy) is 1. The van der Waals surface area contributed by atoms with Crippen molar-refractivity contribution in [3.63, 3.8) is 0 Å². The van der Waals surface area contributed by atoms with Gasteiger partial charge in [-0.25, -0.2) is 4.79 Å². The molecular formula is C10H12O3. The molecule has 70 valence electrons. The molecule has 0 heterocycles. The highest BCUT2D eigenvalue weighted by Crippen LogP contribution is 2.01. The number of carbonyl (C=O) groups excluding carboxylic acids is 1. The summed E-state index contributed by atoms with van der Waals surface area (Å²) < 4.78 is 25.2. The Hall–Kier alpha value is -1.35. The lowest BCUT2D eigenvalue weighted by Gasteiger charge is -2.05. The van der Waals surface area contributed by atoms with Crippen LogP contribution in [-0.4, -0.2) is 17.2 Å². The van der Waals surface area contributed by atoms with Crippen molar-refractivity contribution in [2.75, 3.05) is 0 Å². The van der Waals surface area contributed by atoms with Gasteiger partial charge < -0.3 is 9.84 Å². The molecule has 0 saturated heterocycles. The molecule has 1 unspecified atom stereocenters. The molecule has 3 nitrogen and oxygen atoms in total. The highest BCUT2D eigenvalue weighted by Gasteiger charge is 2.09. The molecule has 0 fully saturated rings. The number of aliphatic hydroxyl groups excluding tert-OH is 1. The Morgan fingerprint density at radius 1 is 1.62 bits per heavy atom. The first-order valence-corrected chi connectivity index (χ1v) is 3.80. The van der Waals surface area contributed by atoms with Crippen LogP contribution in [0.2, 0.25) is 0 Å². The van der Waals surface area contributed by atoms with E-state index in [1.54, 1.807) is 24.3 Å². The zero-order valence-electron chi connectivity index (χ0n) is 9.93. The Morgan fingerprint density at radius 3 is 2.92 bits per heavy atom. The van der Waals surface area contributed by atoms with Crippen LogP contribution < -0.4 is 0 Å². The fourth-order valence-corrected chi connectivity index (χ4v) is 0.808. The smallest absolute Gasteiger partial charge is 0.334 e. The molecule has 0 aliphatic carbocycles. The van der Waals surface area contributed by atoms with Crippen LogP contribution in [0.4, 0.5) is 0 Å². The second kappa shape index (κ2) is 4.62. The van der Waals surface area contributed by atoms with E-state index in [0.29, 0.717) is 0 Å². The lowest BCUT2D eigenvalue weighted by molar-refractivity contribution is -0.153. The summed E-state index contributed by atoms with van der Waals surface area (Å²) in [4.78, 5) is 11.1. The number of hydrogen-bond acceptors (Lipinski definition) is 3. The summed E-state index contributed by atoms with van der Waals surface area (Å²) >= 11 is 0. The fourth-order valence-electron chi connectivity index (χ4n) is 0.808. The van der Waals surface area contributed by atoms with Crippen molar-refractivity contribution in [3.05, 3.63) is 35.9 Å². The van der Waals surface area contributed by atoms with Crippen molar-refractivity contribution in [2.45, 2.75) is 19.6 Å². The Labute approximate surface area is 81.2 Å². The van der Waals surface area contributed by atoms with Gasteiger partial charge >= 0.3 is 5.97 Å². The molecular weight excluding hydrogens is 168 g/mol. The third-order valence-electron chi connectivity index (χ3n) is 1.45. The lowest BCUT2D eigenvalue weighted by atomic mass is 10.2. The van der Waals surface area contributed by atoms with Gasteiger partial charge in [0.15, 0.2) is 0 Å². The minimum absolute atomic E-state index is 0.0488. The molecule has 3 heteroatoms. The molecule has 0 spiro atoms. The van der Waals surface area contributed by atoms with Gasteiger partial charge in [-0.3, -0.25) is 0 Å². The average molecular weight is 183 g/mol. The molecule has 13 heavy (non-hydrogen) atoms. The molecule has 1 aromatic rings. The van der Waals surface area contributed by atoms with E-state index >= 15 is 0 Å². The number of hydrogen-bond donors (Lipinski definition) is 1. The van der Waals surface area contributed by atoms with E-state index in [1.165, 1.54) is 0 Å². The van der Waals surface area contributed by atoms with Crippen LogP contribution >= 0.6 is 0 Å². The number of aliphatic hydroxyl groups is 1. The zero-order chi connectivity index (χ0) is 12.2. The minimum atomic E-state index is -2.74. The highest BCUT2D eigenvalue weighted by molar-refractivity contribution is 5.73. The summed E-state index contributed by atoms with van der Waals surface area (Å²) in [5, 5.41) is 9.10. The summed E-state index contributed by atoms with van der Waals surface area (Å²) in [6, 6.07) is 8.80. The van der Waals surface area contributed by atoms with Gasteiger partial charge in [0.2, 0.25) is 0 Å². The largest absolute Gasteiger partial charge is 0.459 e. The maximum atomic E-state index is 11.1. The van der Waals surface area contributed by atoms with Crippen molar-refractivity contribution in [1.82, 2.24) is 0 Å². The van der Waals surface area contributed by atoms with Crippen LogP contribution in [0.3, 0.4) is 0 Å². The van der Waals surface area contributed by atoms with Crippen molar-refractivity contribution >= 4 is 5.97 Å². The Bertz CT molecular complexity index is 348. The molecule has 0 aliphatic heterocycles. The van der Waals surface area contributed by atoms with E-state index in [4.69, 9.17) is 9.22 Å². The van der Waals surface area contributed by atoms with Gasteiger partial charge in [-0.1, -0.05) is 30.3 Å². The van der Waals surface area contributed by atoms with Crippen molar-refractivity contribution < 1.29 is 18.8 Å². The third-order valence-corrected chi connectivity index (χ3v) is 1.45. The molecule has 0 aliphatic rings. The Balaban J connectivity index is 2.48. The summed E-state index contributed by atoms with van der Waals surface area (Å²) in [7, 11) is 0. The van der Waals surface area contributed by atoms with Crippen LogP contribution in [0.25, 0.3) is 0 Å². The van der Waals surface area contributed by atoms with E-state index in [0.717, 1.165) is 5.56 Å². The molecule has 0 saturated carbocycles. The van der Waals surface area contributed by atoms with Crippen molar-refractivity contribution in [1.29, 1.82) is 0 Å². The van der Waals surface area contributed by atoms with Gasteiger partial charge in [-0.15, -0.1) is 0 Å². The second-order valence-corrected chi connectivity index (χ2v) is 2.50. The predicted octanol–water partition coefficient (Wildman–Crippen LogP) is 1.11. The van der Waals surface area contributed by atoms with Crippen molar-refractivity contribution in [2.24, 2.45) is 0 Å². The van der Waals surface area contributed by atoms with E-state index in [1.807, 2.05) is 6.07 Å². The number of benzene rings is 1. The third kappa shape index (κ3) is 3.25. The van der Waals surface area contributed by atoms with Gasteiger partial charge in [0.05, 0.1) is 0 Å². The van der Waals surface area contributed by atoms with E-state index in [9.17, 15) is 4.79 Å². The molecule has 0 amide bonds. The van der Waals surface area contributed by atoms with Gasteiger partial charge in [0.1, 0.15) is 12.7 Å². The molecule has 1 rings (SSSR count). The zero-order valence-corrected chi connectivity index (χ0v) is 6.93. The molecule has 0 aromatic heterocycles. The first-order chi connectivity index (χ1) is 7.41. The first-order valence-electron chi connectivity index (χ1n) is 5.30. The van der Waals surface area contributed by atoms with Crippen LogP contribution in [0.15, 0.2) is 30.3 Å². The monoisotopic (exact) mass is 183 g/mol. The number of rotatable bonds is 3. The molecule has 1 atom stereocenters. The summed E-state index contributed by atoms with van der Waals surface area (Å²) in [5.74, 6) is -1.14. The van der Waals surface area contributed by atoms with Gasteiger partial charge in [-0.2, -0.15) is 0 Å². The molecule has 0 radical (unpaired) electrons. The first kappa shape index (κ1) is 6.16. The summed E-state index contributed by atoms with van der Waals surface area (Å²) in [6.07, 6.45) is -2.09. The standard InChI is InChI=1S/C10H12O3/c1-8(11)10(12)13-7-9-5-3-2-4-6-9/h2-6,8,11H,7H2,1H3/i1D3. The molecule has 0 bridgehead atoms. The topological polar surface area (TPSA) is 46.5 Å². The maximum absolute atomic E-state index is 11.1. The van der Waals surface area contributed by atoms with Gasteiger partial charge in [0.25, 0.3) is 0 Å². The predicted molar refractivity (Wildman–Crippen MR) is 47.9 cm³/mol. The second-order valence-electron chi connectivity index (χ2n) is 2.50. The van der Waals surface area contributed by atoms with Crippen molar-refractivity contribution in [3.8, 4) is 0 Å². The van der Waals surface area contributed by atoms with Crippen LogP contribution in [0, 0.1) is 0 Å². The molecule has 1 N–H and O–H groups in total. The summed E-state index contributed by atoms with van der Waals surface area (Å²) in [5.41, 5.74) is 0.730. The van der Waals surface area contributed by atoms with Crippen LogP contribution in [-0.2, 0) is 16.1 Å². The SMILES string of the molecule is [2H]C([2H])([2H])C(O)C(=O)OCc1ccccc1. The highest BCUT2D eigenvalue weighted by atomic mass is 16.5. The quantitative estimate of drug-likeness (QED) is 0.714. The Morgan fingerprint density at radius 2 is 2.31 bits per heavy atom. The number of carbonyl (C=O) groups is 1. The lowest BCUT2D eigenvalue weighted by Crippen LogP contribution is -2.18. The van der Waals surface area contributed by atoms with E-state index < -0.39 is 18.9 Å². The van der Waals surface area contributed by atoms with Crippen LogP contribution in [0.5, 0.6) is 0 Å². The normalized spacial score (nSPS) is 16.5. The molecule has 1 aromatic carbocycles. The van der Waals surface area contributed by atoms with Gasteiger partial charge in [-0.05, 0) is 12.4 Å². The van der Waals surface area contributed by atoms with Gasteiger partial charge in [0, 0.05) is 4.11 Å². The Kier molecular flexibility index (Phi) is 2.19. The fraction of sp³-hybridized carbons (Fsp3) is 0.300. The van der Waals surface area contributed by atoms with E-state index in [-0.39, 0.29) is 6.61 Å².